The maximum absolute atomic E-state index is 13.5. The molecule has 1 rings (SSSR count). The molecule has 92 valence electrons. The van der Waals surface area contributed by atoms with Gasteiger partial charge in [-0.25, -0.2) is 9.18 Å². The summed E-state index contributed by atoms with van der Waals surface area (Å²) < 4.78 is 18.6. The van der Waals surface area contributed by atoms with Crippen molar-refractivity contribution >= 4 is 6.09 Å². The fourth-order valence-corrected chi connectivity index (χ4v) is 1.55. The van der Waals surface area contributed by atoms with Crippen LogP contribution in [0, 0.1) is 0 Å². The molecule has 6 heteroatoms. The quantitative estimate of drug-likeness (QED) is 0.671. The second kappa shape index (κ2) is 4.76. The normalized spacial score (nSPS) is 26.4. The lowest BCUT2D eigenvalue weighted by atomic mass is 10.0. The second-order valence-corrected chi connectivity index (χ2v) is 4.95. The molecule has 2 atom stereocenters. The van der Waals surface area contributed by atoms with Crippen molar-refractivity contribution in [2.45, 2.75) is 45.0 Å². The number of amides is 1. The van der Waals surface area contributed by atoms with E-state index in [0.717, 1.165) is 0 Å². The highest BCUT2D eigenvalue weighted by atomic mass is 19.1. The van der Waals surface area contributed by atoms with Crippen molar-refractivity contribution in [2.75, 3.05) is 13.1 Å². The van der Waals surface area contributed by atoms with Gasteiger partial charge in [0, 0.05) is 6.54 Å². The van der Waals surface area contributed by atoms with Gasteiger partial charge in [0.05, 0.1) is 6.54 Å². The Kier molecular flexibility index (Phi) is 3.83. The van der Waals surface area contributed by atoms with E-state index in [1.165, 1.54) is 4.90 Å². The summed E-state index contributed by atoms with van der Waals surface area (Å²) in [6.07, 6.45) is -1.24. The summed E-state index contributed by atoms with van der Waals surface area (Å²) >= 11 is 0. The highest BCUT2D eigenvalue weighted by Gasteiger charge is 2.34. The Morgan fingerprint density at radius 1 is 1.56 bits per heavy atom. The third-order valence-corrected chi connectivity index (χ3v) is 2.35. The van der Waals surface area contributed by atoms with Crippen molar-refractivity contribution in [1.82, 2.24) is 4.90 Å². The summed E-state index contributed by atoms with van der Waals surface area (Å²) in [4.78, 5) is 13.0. The van der Waals surface area contributed by atoms with Gasteiger partial charge in [0.1, 0.15) is 17.8 Å². The van der Waals surface area contributed by atoms with Gasteiger partial charge in [0.25, 0.3) is 0 Å². The van der Waals surface area contributed by atoms with Crippen LogP contribution in [0.1, 0.15) is 27.2 Å². The van der Waals surface area contributed by atoms with Crippen LogP contribution in [-0.4, -0.2) is 41.9 Å². The van der Waals surface area contributed by atoms with Crippen LogP contribution in [0.4, 0.5) is 9.18 Å². The van der Waals surface area contributed by atoms with Gasteiger partial charge in [0.2, 0.25) is 0 Å². The fraction of sp³-hybridized carbons (Fsp3) is 0.900. The third-order valence-electron chi connectivity index (χ3n) is 2.35. The zero-order valence-corrected chi connectivity index (χ0v) is 9.94. The topological polar surface area (TPSA) is 67.5 Å². The minimum Gasteiger partial charge on any atom is -0.444 e. The molecule has 1 fully saturated rings. The first-order valence-corrected chi connectivity index (χ1v) is 5.35. The average molecular weight is 232 g/mol. The molecule has 0 radical (unpaired) electrons. The number of ether oxygens (including phenoxy) is 1. The van der Waals surface area contributed by atoms with Gasteiger partial charge in [-0.05, 0) is 32.3 Å². The lowest BCUT2D eigenvalue weighted by molar-refractivity contribution is -0.233. The molecule has 1 heterocycles. The van der Waals surface area contributed by atoms with E-state index < -0.39 is 23.9 Å². The molecule has 0 saturated carbocycles. The van der Waals surface area contributed by atoms with Crippen molar-refractivity contribution in [1.29, 1.82) is 0 Å². The van der Waals surface area contributed by atoms with E-state index in [4.69, 9.17) is 10.3 Å². The number of rotatable bonds is 1. The molecular weight excluding hydrogens is 213 g/mol. The van der Waals surface area contributed by atoms with Crippen molar-refractivity contribution in [2.24, 2.45) is 5.11 Å². The van der Waals surface area contributed by atoms with Crippen LogP contribution < -0.4 is 5.53 Å². The summed E-state index contributed by atoms with van der Waals surface area (Å²) in [6, 6.07) is -0.501. The van der Waals surface area contributed by atoms with Crippen LogP contribution in [0.15, 0.2) is 5.11 Å². The van der Waals surface area contributed by atoms with Gasteiger partial charge in [-0.3, -0.25) is 0 Å². The Balaban J connectivity index is 2.51. The SMILES string of the molecule is CC(C)(C)OC(=O)N1CC[C@@H](N=[NH2+])[C@H](F)C1. The monoisotopic (exact) mass is 232 g/mol. The van der Waals surface area contributed by atoms with E-state index in [9.17, 15) is 9.18 Å². The van der Waals surface area contributed by atoms with Crippen LogP contribution in [0.3, 0.4) is 0 Å². The number of nitrogens with zero attached hydrogens (tertiary/aromatic N) is 2. The molecule has 1 saturated heterocycles. The first-order valence-electron chi connectivity index (χ1n) is 5.35. The number of hydrogen-bond acceptors (Lipinski definition) is 3. The Morgan fingerprint density at radius 3 is 2.62 bits per heavy atom. The molecule has 1 aliphatic heterocycles. The molecule has 0 unspecified atom stereocenters. The first kappa shape index (κ1) is 12.9. The number of carbonyl (C=O) groups is 1. The number of hydrogen-bond donors (Lipinski definition) is 1. The summed E-state index contributed by atoms with van der Waals surface area (Å²) in [7, 11) is 0. The molecule has 0 aromatic heterocycles. The van der Waals surface area contributed by atoms with Crippen molar-refractivity contribution in [3.63, 3.8) is 0 Å². The maximum Gasteiger partial charge on any atom is 0.410 e. The molecule has 0 aromatic carbocycles. The zero-order chi connectivity index (χ0) is 12.3. The lowest BCUT2D eigenvalue weighted by Gasteiger charge is -2.32. The Morgan fingerprint density at radius 2 is 2.19 bits per heavy atom. The lowest BCUT2D eigenvalue weighted by Crippen LogP contribution is -2.50. The average Bonchev–Trinajstić information content (AvgIpc) is 2.15. The Labute approximate surface area is 94.5 Å². The largest absolute Gasteiger partial charge is 0.444 e. The molecule has 16 heavy (non-hydrogen) atoms. The summed E-state index contributed by atoms with van der Waals surface area (Å²) in [5.74, 6) is 0. The Bertz CT molecular complexity index is 278. The number of likely N-dealkylation sites (tertiary alicyclic amines) is 1. The maximum atomic E-state index is 13.5. The smallest absolute Gasteiger partial charge is 0.410 e. The van der Waals surface area contributed by atoms with Crippen molar-refractivity contribution in [3.05, 3.63) is 0 Å². The highest BCUT2D eigenvalue weighted by Crippen LogP contribution is 2.18. The summed E-state index contributed by atoms with van der Waals surface area (Å²) in [5.41, 5.74) is 4.51. The molecule has 5 nitrogen and oxygen atoms in total. The minimum absolute atomic E-state index is 0.000278. The van der Waals surface area contributed by atoms with Crippen LogP contribution in [-0.2, 0) is 4.74 Å². The van der Waals surface area contributed by atoms with E-state index in [0.29, 0.717) is 13.0 Å². The van der Waals surface area contributed by atoms with Crippen molar-refractivity contribution < 1.29 is 19.5 Å². The van der Waals surface area contributed by atoms with Gasteiger partial charge in [-0.15, -0.1) is 0 Å². The van der Waals surface area contributed by atoms with Gasteiger partial charge in [-0.1, -0.05) is 0 Å². The highest BCUT2D eigenvalue weighted by molar-refractivity contribution is 5.68. The predicted molar refractivity (Wildman–Crippen MR) is 55.5 cm³/mol. The van der Waals surface area contributed by atoms with Crippen LogP contribution in [0.5, 0.6) is 0 Å². The number of halogens is 1. The van der Waals surface area contributed by atoms with E-state index in [-0.39, 0.29) is 6.54 Å². The molecule has 2 N–H and O–H groups in total. The van der Waals surface area contributed by atoms with Crippen LogP contribution >= 0.6 is 0 Å². The van der Waals surface area contributed by atoms with Gasteiger partial charge >= 0.3 is 6.09 Å². The second-order valence-electron chi connectivity index (χ2n) is 4.95. The van der Waals surface area contributed by atoms with Crippen molar-refractivity contribution in [3.8, 4) is 0 Å². The third kappa shape index (κ3) is 3.43. The molecule has 1 aliphatic rings. The van der Waals surface area contributed by atoms with Gasteiger partial charge in [0.15, 0.2) is 0 Å². The molecule has 0 spiro atoms. The molecule has 0 aromatic rings. The van der Waals surface area contributed by atoms with E-state index >= 15 is 0 Å². The van der Waals surface area contributed by atoms with Gasteiger partial charge < -0.3 is 9.64 Å². The number of piperidine rings is 1. The number of alkyl halides is 1. The number of nitrogens with two attached hydrogens (primary N) is 1. The first-order chi connectivity index (χ1) is 7.33. The fourth-order valence-electron chi connectivity index (χ4n) is 1.55. The zero-order valence-electron chi connectivity index (χ0n) is 9.94. The molecule has 1 amide bonds. The summed E-state index contributed by atoms with van der Waals surface area (Å²) in [6.45, 7) is 5.76. The van der Waals surface area contributed by atoms with Crippen LogP contribution in [0.2, 0.25) is 0 Å². The Hall–Kier alpha value is -1.20. The van der Waals surface area contributed by atoms with Gasteiger partial charge in [-0.2, -0.15) is 5.53 Å². The molecule has 0 bridgehead atoms. The predicted octanol–water partition coefficient (Wildman–Crippen LogP) is 0.545. The minimum atomic E-state index is -1.20. The molecule has 0 aliphatic carbocycles. The van der Waals surface area contributed by atoms with E-state index in [1.807, 2.05) is 0 Å². The standard InChI is InChI=1S/C10H18FN3O2/c1-10(2,3)16-9(15)14-5-4-8(13-12)7(11)6-14/h7-8,12H,4-6H2,1-3H3/p+1/t7-,8-/m1/s1. The van der Waals surface area contributed by atoms with E-state index in [1.54, 1.807) is 20.8 Å². The van der Waals surface area contributed by atoms with E-state index in [2.05, 4.69) is 5.11 Å². The molecular formula is C10H19FN3O2+. The van der Waals surface area contributed by atoms with Crippen LogP contribution in [0.25, 0.3) is 0 Å². The summed E-state index contributed by atoms with van der Waals surface area (Å²) in [5, 5.41) is 3.44. The number of carbonyl (C=O) groups excluding carboxylic acids is 1.